The SMILES string of the molecule is COc1ccc2c3c1O[C@H]1C(OC(C)=O)=CC[C@@]4(O)[C@@H](C2)N(C)CC[C@]314. The topological polar surface area (TPSA) is 68.2 Å². The minimum Gasteiger partial charge on any atom is -0.493 e. The summed E-state index contributed by atoms with van der Waals surface area (Å²) >= 11 is 0. The van der Waals surface area contributed by atoms with Gasteiger partial charge in [-0.2, -0.15) is 0 Å². The van der Waals surface area contributed by atoms with Crippen molar-refractivity contribution in [1.29, 1.82) is 0 Å². The first-order valence-electron chi connectivity index (χ1n) is 9.10. The second kappa shape index (κ2) is 5.02. The van der Waals surface area contributed by atoms with E-state index in [-0.39, 0.29) is 12.0 Å². The number of hydrogen-bond acceptors (Lipinski definition) is 6. The van der Waals surface area contributed by atoms with Crippen LogP contribution in [0.15, 0.2) is 24.0 Å². The molecule has 1 spiro atoms. The Morgan fingerprint density at radius 3 is 2.96 bits per heavy atom. The van der Waals surface area contributed by atoms with Crippen LogP contribution in [0.2, 0.25) is 0 Å². The molecule has 4 aliphatic rings. The first-order chi connectivity index (χ1) is 12.4. The molecule has 1 fully saturated rings. The number of piperidine rings is 1. The highest BCUT2D eigenvalue weighted by Gasteiger charge is 2.72. The zero-order valence-electron chi connectivity index (χ0n) is 15.2. The summed E-state index contributed by atoms with van der Waals surface area (Å²) in [5.41, 5.74) is 0.667. The van der Waals surface area contributed by atoms with Crippen molar-refractivity contribution in [1.82, 2.24) is 4.90 Å². The van der Waals surface area contributed by atoms with Gasteiger partial charge in [0.15, 0.2) is 17.6 Å². The summed E-state index contributed by atoms with van der Waals surface area (Å²) in [4.78, 5) is 13.9. The van der Waals surface area contributed by atoms with Crippen molar-refractivity contribution in [2.45, 2.75) is 49.3 Å². The van der Waals surface area contributed by atoms with Crippen molar-refractivity contribution in [2.24, 2.45) is 0 Å². The normalized spacial score (nSPS) is 36.7. The Labute approximate surface area is 152 Å². The van der Waals surface area contributed by atoms with Crippen molar-refractivity contribution in [3.8, 4) is 11.5 Å². The van der Waals surface area contributed by atoms with Crippen LogP contribution in [0.3, 0.4) is 0 Å². The van der Waals surface area contributed by atoms with Crippen LogP contribution < -0.4 is 9.47 Å². The molecule has 1 N–H and O–H groups in total. The number of aliphatic hydroxyl groups is 1. The summed E-state index contributed by atoms with van der Waals surface area (Å²) in [5.74, 6) is 1.49. The van der Waals surface area contributed by atoms with Crippen molar-refractivity contribution in [2.75, 3.05) is 20.7 Å². The molecule has 2 aliphatic carbocycles. The van der Waals surface area contributed by atoms with Gasteiger partial charge in [0, 0.05) is 24.9 Å². The molecule has 0 radical (unpaired) electrons. The molecule has 0 unspecified atom stereocenters. The van der Waals surface area contributed by atoms with Crippen molar-refractivity contribution in [3.63, 3.8) is 0 Å². The molecule has 2 bridgehead atoms. The summed E-state index contributed by atoms with van der Waals surface area (Å²) in [6.45, 7) is 2.25. The minimum absolute atomic E-state index is 0.00400. The number of carbonyl (C=O) groups is 1. The smallest absolute Gasteiger partial charge is 0.307 e. The average Bonchev–Trinajstić information content (AvgIpc) is 2.95. The molecule has 4 atom stereocenters. The summed E-state index contributed by atoms with van der Waals surface area (Å²) in [5, 5.41) is 12.0. The molecular formula is C20H23NO5. The fraction of sp³-hybridized carbons (Fsp3) is 0.550. The van der Waals surface area contributed by atoms with Gasteiger partial charge in [0.05, 0.1) is 18.1 Å². The number of ether oxygens (including phenoxy) is 3. The monoisotopic (exact) mass is 357 g/mol. The van der Waals surface area contributed by atoms with E-state index in [4.69, 9.17) is 14.2 Å². The second-order valence-corrected chi connectivity index (χ2v) is 7.88. The Bertz CT molecular complexity index is 849. The van der Waals surface area contributed by atoms with Crippen molar-refractivity contribution < 1.29 is 24.1 Å². The fourth-order valence-electron chi connectivity index (χ4n) is 5.75. The first-order valence-corrected chi connectivity index (χ1v) is 9.10. The van der Waals surface area contributed by atoms with Gasteiger partial charge in [-0.1, -0.05) is 6.07 Å². The third-order valence-electron chi connectivity index (χ3n) is 6.82. The lowest BCUT2D eigenvalue weighted by molar-refractivity contribution is -0.168. The molecule has 2 heterocycles. The van der Waals surface area contributed by atoms with Gasteiger partial charge >= 0.3 is 5.97 Å². The lowest BCUT2D eigenvalue weighted by atomic mass is 9.50. The summed E-state index contributed by atoms with van der Waals surface area (Å²) < 4.78 is 17.4. The largest absolute Gasteiger partial charge is 0.493 e. The van der Waals surface area contributed by atoms with Gasteiger partial charge in [-0.05, 0) is 44.1 Å². The highest BCUT2D eigenvalue weighted by molar-refractivity contribution is 5.69. The van der Waals surface area contributed by atoms with Crippen LogP contribution in [0.1, 0.15) is 30.9 Å². The zero-order valence-corrected chi connectivity index (χ0v) is 15.2. The summed E-state index contributed by atoms with van der Waals surface area (Å²) in [6.07, 6.45) is 3.29. The van der Waals surface area contributed by atoms with Crippen molar-refractivity contribution >= 4 is 5.97 Å². The van der Waals surface area contributed by atoms with Gasteiger partial charge < -0.3 is 24.2 Å². The Kier molecular flexibility index (Phi) is 3.12. The third-order valence-corrected chi connectivity index (χ3v) is 6.82. The van der Waals surface area contributed by atoms with Gasteiger partial charge in [-0.15, -0.1) is 0 Å². The number of esters is 1. The van der Waals surface area contributed by atoms with E-state index in [1.54, 1.807) is 7.11 Å². The molecule has 5 rings (SSSR count). The molecule has 0 amide bonds. The molecule has 6 heteroatoms. The third kappa shape index (κ3) is 1.67. The fourth-order valence-corrected chi connectivity index (χ4v) is 5.75. The second-order valence-electron chi connectivity index (χ2n) is 7.88. The van der Waals surface area contributed by atoms with Gasteiger partial charge in [-0.25, -0.2) is 0 Å². The lowest BCUT2D eigenvalue weighted by Crippen LogP contribution is -2.74. The van der Waals surface area contributed by atoms with Crippen LogP contribution in [0, 0.1) is 0 Å². The molecule has 0 aromatic heterocycles. The van der Waals surface area contributed by atoms with E-state index in [0.717, 1.165) is 24.9 Å². The Hall–Kier alpha value is -2.05. The molecule has 1 aromatic carbocycles. The molecule has 1 saturated heterocycles. The Balaban J connectivity index is 1.79. The molecule has 2 aliphatic heterocycles. The Morgan fingerprint density at radius 1 is 1.42 bits per heavy atom. The van der Waals surface area contributed by atoms with Gasteiger partial charge in [-0.3, -0.25) is 4.79 Å². The van der Waals surface area contributed by atoms with E-state index in [0.29, 0.717) is 23.7 Å². The van der Waals surface area contributed by atoms with Crippen molar-refractivity contribution in [3.05, 3.63) is 35.1 Å². The molecule has 6 nitrogen and oxygen atoms in total. The number of methoxy groups -OCH3 is 1. The van der Waals surface area contributed by atoms with E-state index < -0.39 is 17.1 Å². The number of nitrogens with zero attached hydrogens (tertiary/aromatic N) is 1. The van der Waals surface area contributed by atoms with E-state index in [9.17, 15) is 9.90 Å². The van der Waals surface area contributed by atoms with Crippen LogP contribution in [0.4, 0.5) is 0 Å². The average molecular weight is 357 g/mol. The molecular weight excluding hydrogens is 334 g/mol. The minimum atomic E-state index is -0.959. The van der Waals surface area contributed by atoms with E-state index in [1.165, 1.54) is 12.5 Å². The van der Waals surface area contributed by atoms with Gasteiger partial charge in [0.2, 0.25) is 0 Å². The predicted octanol–water partition coefficient (Wildman–Crippen LogP) is 1.54. The molecule has 138 valence electrons. The van der Waals surface area contributed by atoms with Crippen LogP contribution in [-0.4, -0.2) is 54.4 Å². The highest BCUT2D eigenvalue weighted by Crippen LogP contribution is 2.65. The highest BCUT2D eigenvalue weighted by atomic mass is 16.6. The predicted molar refractivity (Wildman–Crippen MR) is 93.2 cm³/mol. The first kappa shape index (κ1) is 16.1. The molecule has 26 heavy (non-hydrogen) atoms. The molecule has 0 saturated carbocycles. The van der Waals surface area contributed by atoms with Gasteiger partial charge in [0.1, 0.15) is 5.76 Å². The van der Waals surface area contributed by atoms with Crippen LogP contribution in [-0.2, 0) is 21.4 Å². The number of rotatable bonds is 2. The number of benzene rings is 1. The summed E-state index contributed by atoms with van der Waals surface area (Å²) in [7, 11) is 3.69. The van der Waals surface area contributed by atoms with Crippen LogP contribution >= 0.6 is 0 Å². The van der Waals surface area contributed by atoms with E-state index in [2.05, 4.69) is 18.0 Å². The van der Waals surface area contributed by atoms with E-state index in [1.807, 2.05) is 12.1 Å². The summed E-state index contributed by atoms with van der Waals surface area (Å²) in [6, 6.07) is 4.02. The number of hydrogen-bond donors (Lipinski definition) is 1. The molecule has 1 aromatic rings. The number of likely N-dealkylation sites (N-methyl/N-ethyl adjacent to an activating group) is 1. The lowest BCUT2D eigenvalue weighted by Gasteiger charge is -2.61. The van der Waals surface area contributed by atoms with E-state index >= 15 is 0 Å². The quantitative estimate of drug-likeness (QED) is 0.810. The Morgan fingerprint density at radius 2 is 2.23 bits per heavy atom. The zero-order chi connectivity index (χ0) is 18.3. The standard InChI is InChI=1S/C20H23NO5/c1-11(22)25-14-6-7-20(23)15-10-12-4-5-13(24-3)17-16(12)19(20,18(14)26-17)8-9-21(15)2/h4-6,15,18,23H,7-10H2,1-3H3/t15-,18+,19+,20-/m1/s1. The van der Waals surface area contributed by atoms with Crippen LogP contribution in [0.25, 0.3) is 0 Å². The number of likely N-dealkylation sites (tertiary alicyclic amines) is 1. The van der Waals surface area contributed by atoms with Gasteiger partial charge in [0.25, 0.3) is 0 Å². The van der Waals surface area contributed by atoms with Crippen LogP contribution in [0.5, 0.6) is 11.5 Å². The number of carbonyl (C=O) groups excluding carboxylic acids is 1. The maximum absolute atomic E-state index is 12.0. The maximum Gasteiger partial charge on any atom is 0.307 e. The maximum atomic E-state index is 12.0.